The quantitative estimate of drug-likeness (QED) is 0.444. The van der Waals surface area contributed by atoms with E-state index in [2.05, 4.69) is 17.0 Å². The molecule has 168 valence electrons. The van der Waals surface area contributed by atoms with E-state index in [1.165, 1.54) is 37.0 Å². The lowest BCUT2D eigenvalue weighted by Crippen LogP contribution is -2.43. The van der Waals surface area contributed by atoms with Crippen LogP contribution in [0.1, 0.15) is 54.8 Å². The summed E-state index contributed by atoms with van der Waals surface area (Å²) in [6.45, 7) is 3.07. The highest BCUT2D eigenvalue weighted by Crippen LogP contribution is 2.43. The molecule has 1 saturated carbocycles. The van der Waals surface area contributed by atoms with Crippen molar-refractivity contribution in [3.63, 3.8) is 0 Å². The second-order valence-corrected chi connectivity index (χ2v) is 9.34. The van der Waals surface area contributed by atoms with Gasteiger partial charge in [-0.05, 0) is 79.5 Å². The number of alkyl halides is 3. The number of piperidine rings is 1. The van der Waals surface area contributed by atoms with E-state index in [1.54, 1.807) is 0 Å². The fourth-order valence-electron chi connectivity index (χ4n) is 4.82. The highest BCUT2D eigenvalue weighted by Gasteiger charge is 2.35. The maximum absolute atomic E-state index is 12.7. The molecule has 2 aliphatic rings. The lowest BCUT2D eigenvalue weighted by Gasteiger charge is -2.45. The third-order valence-corrected chi connectivity index (χ3v) is 6.91. The van der Waals surface area contributed by atoms with Crippen molar-refractivity contribution in [3.8, 4) is 0 Å². The van der Waals surface area contributed by atoms with E-state index >= 15 is 0 Å². The molecule has 0 aromatic heterocycles. The normalized spacial score (nSPS) is 21.6. The van der Waals surface area contributed by atoms with Crippen LogP contribution in [0.15, 0.2) is 48.5 Å². The summed E-state index contributed by atoms with van der Waals surface area (Å²) in [5.41, 5.74) is 1.50. The summed E-state index contributed by atoms with van der Waals surface area (Å²) in [7, 11) is 0. The molecular formula is C25H29ClF3NO. The van der Waals surface area contributed by atoms with Crippen LogP contribution in [0.5, 0.6) is 0 Å². The highest BCUT2D eigenvalue weighted by atomic mass is 35.5. The summed E-state index contributed by atoms with van der Waals surface area (Å²) in [5, 5.41) is 0.768. The van der Waals surface area contributed by atoms with Crippen LogP contribution in [-0.2, 0) is 17.5 Å². The summed E-state index contributed by atoms with van der Waals surface area (Å²) in [6.07, 6.45) is 1.83. The van der Waals surface area contributed by atoms with Crippen molar-refractivity contribution in [2.45, 2.75) is 50.9 Å². The monoisotopic (exact) mass is 451 g/mol. The van der Waals surface area contributed by atoms with E-state index in [0.29, 0.717) is 31.1 Å². The molecule has 0 N–H and O–H groups in total. The molecule has 2 aromatic carbocycles. The van der Waals surface area contributed by atoms with E-state index in [4.69, 9.17) is 16.3 Å². The number of hydrogen-bond acceptors (Lipinski definition) is 2. The van der Waals surface area contributed by atoms with E-state index in [0.717, 1.165) is 48.6 Å². The molecule has 1 saturated heterocycles. The van der Waals surface area contributed by atoms with Crippen molar-refractivity contribution in [2.24, 2.45) is 11.8 Å². The SMILES string of the molecule is FC(F)(F)c1ccc(COCC2CCCN([C@@H](c3ccc(Cl)cc3)C3CCC3)C2)cc1. The maximum atomic E-state index is 12.7. The van der Waals surface area contributed by atoms with Gasteiger partial charge in [0.05, 0.1) is 18.8 Å². The summed E-state index contributed by atoms with van der Waals surface area (Å²) >= 11 is 6.11. The number of ether oxygens (including phenoxy) is 1. The third-order valence-electron chi connectivity index (χ3n) is 6.66. The average molecular weight is 452 g/mol. The van der Waals surface area contributed by atoms with Gasteiger partial charge < -0.3 is 4.74 Å². The van der Waals surface area contributed by atoms with Gasteiger partial charge in [0.1, 0.15) is 0 Å². The van der Waals surface area contributed by atoms with E-state index in [-0.39, 0.29) is 0 Å². The minimum absolute atomic E-state index is 0.345. The van der Waals surface area contributed by atoms with Gasteiger partial charge in [-0.3, -0.25) is 4.90 Å². The molecule has 2 atom stereocenters. The zero-order valence-corrected chi connectivity index (χ0v) is 18.3. The Morgan fingerprint density at radius 3 is 2.29 bits per heavy atom. The van der Waals surface area contributed by atoms with Crippen LogP contribution in [0.2, 0.25) is 5.02 Å². The Kier molecular flexibility index (Phi) is 7.25. The smallest absolute Gasteiger partial charge is 0.376 e. The van der Waals surface area contributed by atoms with Gasteiger partial charge >= 0.3 is 6.18 Å². The largest absolute Gasteiger partial charge is 0.416 e. The second-order valence-electron chi connectivity index (χ2n) is 8.90. The van der Waals surface area contributed by atoms with Gasteiger partial charge in [-0.2, -0.15) is 13.2 Å². The van der Waals surface area contributed by atoms with Crippen LogP contribution in [0.25, 0.3) is 0 Å². The van der Waals surface area contributed by atoms with Gasteiger partial charge in [0.25, 0.3) is 0 Å². The average Bonchev–Trinajstić information content (AvgIpc) is 2.71. The standard InChI is InChI=1S/C25H29ClF3NO/c26-23-12-8-21(9-13-23)24(20-4-1-5-20)30-14-2-3-19(15-30)17-31-16-18-6-10-22(11-7-18)25(27,28)29/h6-13,19-20,24H,1-5,14-17H2/t19?,24-/m1/s1. The van der Waals surface area contributed by atoms with Crippen molar-refractivity contribution in [1.29, 1.82) is 0 Å². The molecule has 6 heteroatoms. The first-order chi connectivity index (χ1) is 14.9. The number of rotatable bonds is 7. The summed E-state index contributed by atoms with van der Waals surface area (Å²) in [4.78, 5) is 2.61. The number of halogens is 4. The Bertz CT molecular complexity index is 833. The lowest BCUT2D eigenvalue weighted by atomic mass is 9.75. The number of benzene rings is 2. The molecule has 2 aromatic rings. The van der Waals surface area contributed by atoms with Crippen molar-refractivity contribution in [3.05, 3.63) is 70.2 Å². The lowest BCUT2D eigenvalue weighted by molar-refractivity contribution is -0.137. The molecule has 1 unspecified atom stereocenters. The molecule has 1 aliphatic carbocycles. The van der Waals surface area contributed by atoms with Crippen molar-refractivity contribution in [1.82, 2.24) is 4.90 Å². The number of hydrogen-bond donors (Lipinski definition) is 0. The molecule has 1 aliphatic heterocycles. The first-order valence-corrected chi connectivity index (χ1v) is 11.5. The predicted molar refractivity (Wildman–Crippen MR) is 117 cm³/mol. The van der Waals surface area contributed by atoms with E-state index in [9.17, 15) is 13.2 Å². The van der Waals surface area contributed by atoms with Crippen LogP contribution >= 0.6 is 11.6 Å². The molecule has 2 nitrogen and oxygen atoms in total. The topological polar surface area (TPSA) is 12.5 Å². The molecular weight excluding hydrogens is 423 g/mol. The molecule has 2 fully saturated rings. The number of nitrogens with zero attached hydrogens (tertiary/aromatic N) is 1. The Balaban J connectivity index is 1.32. The second kappa shape index (κ2) is 9.93. The van der Waals surface area contributed by atoms with Gasteiger partial charge in [0, 0.05) is 17.6 Å². The first kappa shape index (κ1) is 22.6. The van der Waals surface area contributed by atoms with Crippen LogP contribution in [-0.4, -0.2) is 24.6 Å². The zero-order chi connectivity index (χ0) is 21.8. The Hall–Kier alpha value is -1.56. The third kappa shape index (κ3) is 5.82. The van der Waals surface area contributed by atoms with E-state index < -0.39 is 11.7 Å². The summed E-state index contributed by atoms with van der Waals surface area (Å²) in [6, 6.07) is 14.0. The van der Waals surface area contributed by atoms with Crippen molar-refractivity contribution >= 4 is 11.6 Å². The van der Waals surface area contributed by atoms with Gasteiger partial charge in [-0.15, -0.1) is 0 Å². The number of likely N-dealkylation sites (tertiary alicyclic amines) is 1. The summed E-state index contributed by atoms with van der Waals surface area (Å²) < 4.78 is 44.0. The minimum atomic E-state index is -4.30. The predicted octanol–water partition coefficient (Wildman–Crippen LogP) is 7.13. The van der Waals surface area contributed by atoms with Gasteiger partial charge in [-0.1, -0.05) is 42.3 Å². The highest BCUT2D eigenvalue weighted by molar-refractivity contribution is 6.30. The molecule has 0 radical (unpaired) electrons. The zero-order valence-electron chi connectivity index (χ0n) is 17.6. The Morgan fingerprint density at radius 1 is 0.968 bits per heavy atom. The Morgan fingerprint density at radius 2 is 1.68 bits per heavy atom. The fraction of sp³-hybridized carbons (Fsp3) is 0.520. The fourth-order valence-corrected chi connectivity index (χ4v) is 4.94. The van der Waals surface area contributed by atoms with Crippen LogP contribution < -0.4 is 0 Å². The molecule has 1 heterocycles. The van der Waals surface area contributed by atoms with Crippen molar-refractivity contribution in [2.75, 3.05) is 19.7 Å². The molecule has 0 spiro atoms. The molecule has 0 bridgehead atoms. The minimum Gasteiger partial charge on any atom is -0.376 e. The van der Waals surface area contributed by atoms with Crippen LogP contribution in [0.3, 0.4) is 0 Å². The van der Waals surface area contributed by atoms with Gasteiger partial charge in [-0.25, -0.2) is 0 Å². The molecule has 31 heavy (non-hydrogen) atoms. The molecule has 0 amide bonds. The van der Waals surface area contributed by atoms with Gasteiger partial charge in [0.2, 0.25) is 0 Å². The first-order valence-electron chi connectivity index (χ1n) is 11.1. The maximum Gasteiger partial charge on any atom is 0.416 e. The van der Waals surface area contributed by atoms with Gasteiger partial charge in [0.15, 0.2) is 0 Å². The molecule has 4 rings (SSSR count). The van der Waals surface area contributed by atoms with Crippen LogP contribution in [0, 0.1) is 11.8 Å². The van der Waals surface area contributed by atoms with Crippen LogP contribution in [0.4, 0.5) is 13.2 Å². The Labute approximate surface area is 187 Å². The van der Waals surface area contributed by atoms with Crippen molar-refractivity contribution < 1.29 is 17.9 Å². The van der Waals surface area contributed by atoms with E-state index in [1.807, 2.05) is 12.1 Å². The summed E-state index contributed by atoms with van der Waals surface area (Å²) in [5.74, 6) is 1.14.